The van der Waals surface area contributed by atoms with Gasteiger partial charge in [-0.2, -0.15) is 9.72 Å². The van der Waals surface area contributed by atoms with Gasteiger partial charge in [-0.05, 0) is 12.8 Å². The SMILES string of the molecule is CCC1CC1(F)C(=O)OB(OF)OF.[KH]. The summed E-state index contributed by atoms with van der Waals surface area (Å²) < 4.78 is 39.9. The van der Waals surface area contributed by atoms with Crippen LogP contribution in [0.2, 0.25) is 0 Å². The molecule has 0 aromatic rings. The third-order valence-corrected chi connectivity index (χ3v) is 2.21. The van der Waals surface area contributed by atoms with E-state index in [0.29, 0.717) is 6.42 Å². The van der Waals surface area contributed by atoms with Gasteiger partial charge in [0.2, 0.25) is 5.67 Å². The predicted molar refractivity (Wildman–Crippen MR) is 45.6 cm³/mol. The molecule has 4 nitrogen and oxygen atoms in total. The van der Waals surface area contributed by atoms with Crippen molar-refractivity contribution in [1.82, 2.24) is 0 Å². The molecule has 82 valence electrons. The van der Waals surface area contributed by atoms with Gasteiger partial charge >= 0.3 is 64.7 Å². The first kappa shape index (κ1) is 15.9. The van der Waals surface area contributed by atoms with Crippen LogP contribution in [0.15, 0.2) is 0 Å². The van der Waals surface area contributed by atoms with Crippen LogP contribution in [0.4, 0.5) is 13.4 Å². The van der Waals surface area contributed by atoms with Crippen LogP contribution in [-0.2, 0) is 19.2 Å². The molecule has 0 amide bonds. The summed E-state index contributed by atoms with van der Waals surface area (Å²) in [5.74, 6) is -1.83. The number of carbonyl (C=O) groups is 1. The molecule has 0 heterocycles. The quantitative estimate of drug-likeness (QED) is 0.679. The van der Waals surface area contributed by atoms with Crippen LogP contribution in [0, 0.1) is 5.92 Å². The van der Waals surface area contributed by atoms with Gasteiger partial charge in [0, 0.05) is 5.92 Å². The molecule has 0 aromatic carbocycles. The van der Waals surface area contributed by atoms with Crippen LogP contribution < -0.4 is 0 Å². The van der Waals surface area contributed by atoms with Gasteiger partial charge in [0.05, 0.1) is 0 Å². The van der Waals surface area contributed by atoms with Crippen molar-refractivity contribution in [3.8, 4) is 0 Å². The number of halogens is 3. The molecule has 1 saturated carbocycles. The first-order chi connectivity index (χ1) is 6.58. The normalized spacial score (nSPS) is 27.9. The molecule has 0 aliphatic heterocycles. The van der Waals surface area contributed by atoms with E-state index in [1.54, 1.807) is 6.92 Å². The molecule has 0 N–H and O–H groups in total. The topological polar surface area (TPSA) is 44.8 Å². The average Bonchev–Trinajstić information content (AvgIpc) is 2.87. The molecule has 0 radical (unpaired) electrons. The zero-order chi connectivity index (χ0) is 10.8. The van der Waals surface area contributed by atoms with Crippen molar-refractivity contribution < 1.29 is 32.6 Å². The third kappa shape index (κ3) is 3.69. The molecule has 1 fully saturated rings. The second kappa shape index (κ2) is 6.58. The van der Waals surface area contributed by atoms with Gasteiger partial charge in [-0.3, -0.25) is 4.79 Å². The Hall–Kier alpha value is 0.881. The van der Waals surface area contributed by atoms with Crippen molar-refractivity contribution in [1.29, 1.82) is 0 Å². The summed E-state index contributed by atoms with van der Waals surface area (Å²) in [5.41, 5.74) is -2.15. The molecule has 15 heavy (non-hydrogen) atoms. The van der Waals surface area contributed by atoms with Crippen LogP contribution in [0.25, 0.3) is 0 Å². The average molecular weight is 252 g/mol. The number of carbonyl (C=O) groups excluding carboxylic acids is 1. The van der Waals surface area contributed by atoms with E-state index >= 15 is 0 Å². The fourth-order valence-electron chi connectivity index (χ4n) is 1.25. The van der Waals surface area contributed by atoms with Gasteiger partial charge in [0.15, 0.2) is 0 Å². The van der Waals surface area contributed by atoms with Gasteiger partial charge in [0.1, 0.15) is 0 Å². The molecule has 9 heteroatoms. The summed E-state index contributed by atoms with van der Waals surface area (Å²) in [4.78, 5) is 16.4. The molecule has 0 bridgehead atoms. The molecule has 2 atom stereocenters. The summed E-state index contributed by atoms with van der Waals surface area (Å²) >= 11 is 0. The molecule has 2 unspecified atom stereocenters. The Morgan fingerprint density at radius 2 is 2.07 bits per heavy atom. The van der Waals surface area contributed by atoms with Crippen LogP contribution in [0.5, 0.6) is 0 Å². The standard InChI is InChI=1S/C6H8BF3O4.K.H/c1-2-4-3-6(4,8)5(11)12-7(13-9)14-10;;/h4H,2-3H2,1H3;;. The van der Waals surface area contributed by atoms with Gasteiger partial charge in [0.25, 0.3) is 0 Å². The third-order valence-electron chi connectivity index (χ3n) is 2.21. The fraction of sp³-hybridized carbons (Fsp3) is 0.833. The van der Waals surface area contributed by atoms with Crippen molar-refractivity contribution >= 4 is 64.7 Å². The van der Waals surface area contributed by atoms with E-state index in [4.69, 9.17) is 0 Å². The summed E-state index contributed by atoms with van der Waals surface area (Å²) in [6.07, 6.45) is 0.441. The van der Waals surface area contributed by atoms with E-state index in [-0.39, 0.29) is 57.8 Å². The Kier molecular flexibility index (Phi) is 6.96. The van der Waals surface area contributed by atoms with Gasteiger partial charge in [-0.1, -0.05) is 16.0 Å². The van der Waals surface area contributed by atoms with Crippen LogP contribution in [-0.4, -0.2) is 70.3 Å². The second-order valence-corrected chi connectivity index (χ2v) is 3.04. The zero-order valence-corrected chi connectivity index (χ0v) is 7.34. The van der Waals surface area contributed by atoms with Crippen molar-refractivity contribution in [3.63, 3.8) is 0 Å². The van der Waals surface area contributed by atoms with E-state index in [2.05, 4.69) is 14.4 Å². The Morgan fingerprint density at radius 3 is 2.40 bits per heavy atom. The van der Waals surface area contributed by atoms with E-state index in [1.807, 2.05) is 0 Å². The molecular weight excluding hydrogens is 243 g/mol. The first-order valence-electron chi connectivity index (χ1n) is 4.03. The van der Waals surface area contributed by atoms with Gasteiger partial charge < -0.3 is 4.65 Å². The molecule has 1 aliphatic rings. The Balaban J connectivity index is 0.00000196. The number of hydrogen-bond acceptors (Lipinski definition) is 4. The van der Waals surface area contributed by atoms with Crippen LogP contribution in [0.1, 0.15) is 19.8 Å². The predicted octanol–water partition coefficient (Wildman–Crippen LogP) is 0.806. The summed E-state index contributed by atoms with van der Waals surface area (Å²) in [6, 6.07) is 0. The summed E-state index contributed by atoms with van der Waals surface area (Å²) in [5, 5.41) is 0. The molecular formula is C6H9BF3KO4. The molecule has 0 spiro atoms. The Bertz CT molecular complexity index is 230. The van der Waals surface area contributed by atoms with Gasteiger partial charge in [-0.15, -0.1) is 0 Å². The van der Waals surface area contributed by atoms with E-state index in [9.17, 15) is 18.2 Å². The minimum absolute atomic E-state index is 0. The zero-order valence-electron chi connectivity index (χ0n) is 7.34. The van der Waals surface area contributed by atoms with Crippen molar-refractivity contribution in [2.75, 3.05) is 0 Å². The second-order valence-electron chi connectivity index (χ2n) is 3.04. The summed E-state index contributed by atoms with van der Waals surface area (Å²) in [7, 11) is -2.45. The van der Waals surface area contributed by atoms with E-state index in [0.717, 1.165) is 0 Å². The Morgan fingerprint density at radius 1 is 1.53 bits per heavy atom. The summed E-state index contributed by atoms with van der Waals surface area (Å²) in [6.45, 7) is 1.69. The maximum absolute atomic E-state index is 13.4. The number of hydrogen-bond donors (Lipinski definition) is 0. The van der Waals surface area contributed by atoms with Crippen LogP contribution >= 0.6 is 0 Å². The minimum atomic E-state index is -2.45. The number of alkyl halides is 1. The van der Waals surface area contributed by atoms with Crippen LogP contribution in [0.3, 0.4) is 0 Å². The van der Waals surface area contributed by atoms with Gasteiger partial charge in [-0.25, -0.2) is 4.39 Å². The van der Waals surface area contributed by atoms with E-state index in [1.165, 1.54) is 0 Å². The molecule has 0 aromatic heterocycles. The van der Waals surface area contributed by atoms with E-state index < -0.39 is 24.9 Å². The fourth-order valence-corrected chi connectivity index (χ4v) is 1.25. The monoisotopic (exact) mass is 252 g/mol. The molecule has 0 saturated heterocycles. The van der Waals surface area contributed by atoms with Crippen molar-refractivity contribution in [2.24, 2.45) is 5.92 Å². The first-order valence-corrected chi connectivity index (χ1v) is 4.03. The Labute approximate surface area is 127 Å². The maximum atomic E-state index is 13.4. The molecule has 1 rings (SSSR count). The molecule has 1 aliphatic carbocycles. The van der Waals surface area contributed by atoms with Crippen molar-refractivity contribution in [2.45, 2.75) is 25.4 Å². The number of rotatable bonds is 5. The van der Waals surface area contributed by atoms with Crippen molar-refractivity contribution in [3.05, 3.63) is 0 Å².